The van der Waals surface area contributed by atoms with Gasteiger partial charge in [-0.05, 0) is 50.6 Å². The van der Waals surface area contributed by atoms with E-state index < -0.39 is 12.0 Å². The van der Waals surface area contributed by atoms with Crippen LogP contribution in [0.3, 0.4) is 0 Å². The van der Waals surface area contributed by atoms with E-state index in [1.165, 1.54) is 11.3 Å². The molecule has 2 aromatic carbocycles. The molecule has 5 rings (SSSR count). The fraction of sp³-hybridized carbons (Fsp3) is 0.281. The van der Waals surface area contributed by atoms with Gasteiger partial charge in [0, 0.05) is 39.3 Å². The van der Waals surface area contributed by atoms with Crippen LogP contribution in [0.5, 0.6) is 5.75 Å². The molecule has 2 aromatic heterocycles. The maximum Gasteiger partial charge on any atom is 0.338 e. The van der Waals surface area contributed by atoms with Gasteiger partial charge in [0.1, 0.15) is 11.8 Å². The van der Waals surface area contributed by atoms with E-state index in [-0.39, 0.29) is 12.2 Å². The lowest BCUT2D eigenvalue weighted by Gasteiger charge is -2.27. The quantitative estimate of drug-likeness (QED) is 0.186. The first-order chi connectivity index (χ1) is 19.8. The van der Waals surface area contributed by atoms with Gasteiger partial charge in [0.2, 0.25) is 0 Å². The molecule has 1 aliphatic heterocycles. The van der Waals surface area contributed by atoms with Crippen molar-refractivity contribution in [3.63, 3.8) is 0 Å². The van der Waals surface area contributed by atoms with Crippen molar-refractivity contribution >= 4 is 45.9 Å². The summed E-state index contributed by atoms with van der Waals surface area (Å²) >= 11 is 7.76. The van der Waals surface area contributed by atoms with Crippen LogP contribution in [-0.2, 0) is 16.1 Å². The Morgan fingerprint density at radius 3 is 2.71 bits per heavy atom. The molecule has 41 heavy (non-hydrogen) atoms. The largest absolute Gasteiger partial charge is 0.496 e. The van der Waals surface area contributed by atoms with Crippen LogP contribution in [0.2, 0.25) is 5.02 Å². The predicted octanol–water partition coefficient (Wildman–Crippen LogP) is 5.69. The number of halogens is 1. The van der Waals surface area contributed by atoms with E-state index in [4.69, 9.17) is 26.1 Å². The van der Waals surface area contributed by atoms with E-state index >= 15 is 0 Å². The molecule has 0 bridgehead atoms. The predicted molar refractivity (Wildman–Crippen MR) is 165 cm³/mol. The molecule has 0 unspecified atom stereocenters. The molecular formula is C32H32ClN3O4S. The summed E-state index contributed by atoms with van der Waals surface area (Å²) in [7, 11) is 1.55. The van der Waals surface area contributed by atoms with Crippen LogP contribution in [-0.4, -0.2) is 28.8 Å². The highest BCUT2D eigenvalue weighted by atomic mass is 35.5. The maximum atomic E-state index is 14.3. The molecule has 0 amide bonds. The van der Waals surface area contributed by atoms with Crippen molar-refractivity contribution in [2.24, 2.45) is 4.99 Å². The summed E-state index contributed by atoms with van der Waals surface area (Å²) in [6, 6.07) is 12.5. The highest BCUT2D eigenvalue weighted by Crippen LogP contribution is 2.38. The van der Waals surface area contributed by atoms with E-state index in [0.29, 0.717) is 49.9 Å². The van der Waals surface area contributed by atoms with Crippen LogP contribution in [0, 0.1) is 6.92 Å². The van der Waals surface area contributed by atoms with Crippen LogP contribution in [0.15, 0.2) is 76.2 Å². The fourth-order valence-corrected chi connectivity index (χ4v) is 6.65. The fourth-order valence-electron chi connectivity index (χ4n) is 5.47. The summed E-state index contributed by atoms with van der Waals surface area (Å²) < 4.78 is 15.5. The number of nitrogens with zero attached hydrogens (tertiary/aromatic N) is 3. The van der Waals surface area contributed by atoms with Gasteiger partial charge >= 0.3 is 5.97 Å². The van der Waals surface area contributed by atoms with Gasteiger partial charge in [0.25, 0.3) is 5.56 Å². The molecule has 1 aliphatic rings. The molecule has 0 radical (unpaired) electrons. The Balaban J connectivity index is 1.84. The first-order valence-electron chi connectivity index (χ1n) is 13.6. The number of esters is 1. The third kappa shape index (κ3) is 5.06. The smallest absolute Gasteiger partial charge is 0.338 e. The van der Waals surface area contributed by atoms with Crippen LogP contribution in [0.25, 0.3) is 17.0 Å². The van der Waals surface area contributed by atoms with Crippen LogP contribution in [0.1, 0.15) is 49.6 Å². The summed E-state index contributed by atoms with van der Waals surface area (Å²) in [6.45, 7) is 10.6. The van der Waals surface area contributed by atoms with Gasteiger partial charge in [-0.3, -0.25) is 9.36 Å². The number of hydrogen-bond donors (Lipinski definition) is 0. The zero-order chi connectivity index (χ0) is 29.3. The first-order valence-corrected chi connectivity index (χ1v) is 14.8. The van der Waals surface area contributed by atoms with Crippen LogP contribution >= 0.6 is 22.9 Å². The number of methoxy groups -OCH3 is 1. The number of thiazole rings is 1. The number of carbonyl (C=O) groups is 1. The second-order valence-electron chi connectivity index (χ2n) is 9.72. The number of hydrogen-bond acceptors (Lipinski definition) is 6. The lowest BCUT2D eigenvalue weighted by Crippen LogP contribution is -2.40. The Bertz CT molecular complexity index is 1880. The topological polar surface area (TPSA) is 74.8 Å². The normalized spacial score (nSPS) is 15.1. The van der Waals surface area contributed by atoms with Gasteiger partial charge in [0.15, 0.2) is 4.80 Å². The number of benzene rings is 2. The van der Waals surface area contributed by atoms with Gasteiger partial charge in [0.05, 0.1) is 29.5 Å². The number of fused-ring (bicyclic) bond motifs is 2. The zero-order valence-electron chi connectivity index (χ0n) is 23.6. The number of allylic oxidation sites excluding steroid dienone is 2. The van der Waals surface area contributed by atoms with Gasteiger partial charge < -0.3 is 14.0 Å². The van der Waals surface area contributed by atoms with Crippen molar-refractivity contribution in [1.82, 2.24) is 9.13 Å². The van der Waals surface area contributed by atoms with E-state index in [1.54, 1.807) is 36.8 Å². The Morgan fingerprint density at radius 2 is 2.00 bits per heavy atom. The van der Waals surface area contributed by atoms with Crippen molar-refractivity contribution in [2.45, 2.75) is 46.2 Å². The average Bonchev–Trinajstić information content (AvgIpc) is 3.41. The minimum Gasteiger partial charge on any atom is -0.496 e. The third-order valence-corrected chi connectivity index (χ3v) is 8.46. The van der Waals surface area contributed by atoms with Gasteiger partial charge in [-0.2, -0.15) is 0 Å². The van der Waals surface area contributed by atoms with Crippen LogP contribution in [0.4, 0.5) is 0 Å². The van der Waals surface area contributed by atoms with E-state index in [9.17, 15) is 9.59 Å². The van der Waals surface area contributed by atoms with Gasteiger partial charge in [-0.25, -0.2) is 9.79 Å². The van der Waals surface area contributed by atoms with E-state index in [1.807, 2.05) is 38.1 Å². The summed E-state index contributed by atoms with van der Waals surface area (Å²) in [5.41, 5.74) is 4.33. The van der Waals surface area contributed by atoms with Crippen molar-refractivity contribution in [2.75, 3.05) is 13.7 Å². The minimum atomic E-state index is -0.814. The molecule has 7 nitrogen and oxygen atoms in total. The Hall–Kier alpha value is -3.88. The van der Waals surface area contributed by atoms with Crippen molar-refractivity contribution in [3.8, 4) is 5.75 Å². The molecule has 0 saturated carbocycles. The lowest BCUT2D eigenvalue weighted by atomic mass is 9.93. The zero-order valence-corrected chi connectivity index (χ0v) is 25.1. The Kier molecular flexibility index (Phi) is 8.33. The Morgan fingerprint density at radius 1 is 1.22 bits per heavy atom. The number of aromatic nitrogens is 2. The summed E-state index contributed by atoms with van der Waals surface area (Å²) in [5.74, 6) is 0.00112. The average molecular weight is 590 g/mol. The summed E-state index contributed by atoms with van der Waals surface area (Å²) in [6.07, 6.45) is 5.10. The van der Waals surface area contributed by atoms with Crippen molar-refractivity contribution < 1.29 is 14.3 Å². The molecule has 0 spiro atoms. The number of carbonyl (C=O) groups excluding carboxylic acids is 1. The summed E-state index contributed by atoms with van der Waals surface area (Å²) in [4.78, 5) is 33.1. The van der Waals surface area contributed by atoms with Crippen LogP contribution < -0.4 is 19.6 Å². The molecule has 0 aliphatic carbocycles. The highest BCUT2D eigenvalue weighted by molar-refractivity contribution is 7.07. The second kappa shape index (κ2) is 11.9. The van der Waals surface area contributed by atoms with Crippen molar-refractivity contribution in [1.29, 1.82) is 0 Å². The van der Waals surface area contributed by atoms with Gasteiger partial charge in [-0.1, -0.05) is 60.6 Å². The van der Waals surface area contributed by atoms with E-state index in [0.717, 1.165) is 28.6 Å². The Labute approximate surface area is 247 Å². The monoisotopic (exact) mass is 589 g/mol. The third-order valence-electron chi connectivity index (χ3n) is 7.25. The number of ether oxygens (including phenoxy) is 2. The molecular weight excluding hydrogens is 558 g/mol. The number of para-hydroxylation sites is 1. The molecule has 0 saturated heterocycles. The SMILES string of the molecule is C=CCn1c(C)c(/C=c2/sc3n(c2=O)[C@@H](c2cc(Cl)ccc2OC)C(C(=O)OCC)=C(CCC)N=3)c2ccccc21. The van der Waals surface area contributed by atoms with Gasteiger partial charge in [-0.15, -0.1) is 6.58 Å². The maximum absolute atomic E-state index is 14.3. The molecule has 4 aromatic rings. The molecule has 1 atom stereocenters. The standard InChI is InChI=1S/C32H32ClN3O4S/c1-6-11-24-28(31(38)40-8-3)29(23-17-20(33)14-15-26(23)39-5)36-30(37)27(41-32(36)34-24)18-22-19(4)35(16-7-2)25-13-10-9-12-21(22)25/h7,9-10,12-15,17-18,29H,2,6,8,11,16H2,1,3-5H3/b27-18+/t29-/m0/s1. The van der Waals surface area contributed by atoms with E-state index in [2.05, 4.69) is 23.3 Å². The minimum absolute atomic E-state index is 0.194. The highest BCUT2D eigenvalue weighted by Gasteiger charge is 2.36. The second-order valence-corrected chi connectivity index (χ2v) is 11.2. The molecule has 212 valence electrons. The molecule has 0 fully saturated rings. The lowest BCUT2D eigenvalue weighted by molar-refractivity contribution is -0.139. The molecule has 3 heterocycles. The molecule has 9 heteroatoms. The number of rotatable bonds is 9. The first kappa shape index (κ1) is 28.6. The van der Waals surface area contributed by atoms with Crippen molar-refractivity contribution in [3.05, 3.63) is 108 Å². The molecule has 0 N–H and O–H groups in total. The summed E-state index contributed by atoms with van der Waals surface area (Å²) in [5, 5.41) is 1.51.